The highest BCUT2D eigenvalue weighted by Crippen LogP contribution is 2.32. The third kappa shape index (κ3) is 4.57. The van der Waals surface area contributed by atoms with E-state index in [2.05, 4.69) is 10.1 Å². The standard InChI is InChI=1S/C20H23N3O7S/c1-23(31(24,25)14-7-9-16(27-3)18(11-14)29-5)12-19-21-20(22-30-19)13-6-8-15(26-2)17(10-13)28-4/h6-11H,12H2,1-5H3. The second-order valence-electron chi connectivity index (χ2n) is 6.36. The fraction of sp³-hybridized carbons (Fsp3) is 0.300. The monoisotopic (exact) mass is 449 g/mol. The third-order valence-corrected chi connectivity index (χ3v) is 6.33. The molecule has 0 atom stereocenters. The summed E-state index contributed by atoms with van der Waals surface area (Å²) in [5, 5.41) is 3.93. The lowest BCUT2D eigenvalue weighted by Gasteiger charge is -2.16. The topological polar surface area (TPSA) is 113 Å². The predicted octanol–water partition coefficient (Wildman–Crippen LogP) is 2.59. The molecule has 166 valence electrons. The first-order valence-electron chi connectivity index (χ1n) is 9.07. The molecule has 0 aliphatic rings. The maximum Gasteiger partial charge on any atom is 0.243 e. The zero-order chi connectivity index (χ0) is 22.6. The van der Waals surface area contributed by atoms with Gasteiger partial charge in [0.05, 0.1) is 39.9 Å². The van der Waals surface area contributed by atoms with Crippen LogP contribution in [0.2, 0.25) is 0 Å². The third-order valence-electron chi connectivity index (χ3n) is 4.53. The Morgan fingerprint density at radius 1 is 0.871 bits per heavy atom. The summed E-state index contributed by atoms with van der Waals surface area (Å²) in [7, 11) is 3.56. The number of hydrogen-bond acceptors (Lipinski definition) is 9. The SMILES string of the molecule is COc1ccc(-c2noc(CN(C)S(=O)(=O)c3ccc(OC)c(OC)c3)n2)cc1OC. The van der Waals surface area contributed by atoms with Gasteiger partial charge in [0.25, 0.3) is 0 Å². The van der Waals surface area contributed by atoms with Gasteiger partial charge >= 0.3 is 0 Å². The Labute approximate surface area is 180 Å². The molecule has 10 nitrogen and oxygen atoms in total. The van der Waals surface area contributed by atoms with E-state index >= 15 is 0 Å². The Morgan fingerprint density at radius 2 is 1.45 bits per heavy atom. The zero-order valence-corrected chi connectivity index (χ0v) is 18.6. The molecule has 0 fully saturated rings. The van der Waals surface area contributed by atoms with Crippen LogP contribution in [0.5, 0.6) is 23.0 Å². The molecular weight excluding hydrogens is 426 g/mol. The van der Waals surface area contributed by atoms with Gasteiger partial charge in [-0.2, -0.15) is 9.29 Å². The van der Waals surface area contributed by atoms with Gasteiger partial charge in [-0.25, -0.2) is 8.42 Å². The molecule has 31 heavy (non-hydrogen) atoms. The molecule has 0 aliphatic heterocycles. The highest BCUT2D eigenvalue weighted by Gasteiger charge is 2.25. The summed E-state index contributed by atoms with van der Waals surface area (Å²) in [4.78, 5) is 4.34. The van der Waals surface area contributed by atoms with E-state index in [0.29, 0.717) is 34.4 Å². The molecule has 0 radical (unpaired) electrons. The second-order valence-corrected chi connectivity index (χ2v) is 8.40. The average molecular weight is 449 g/mol. The minimum absolute atomic E-state index is 0.0484. The summed E-state index contributed by atoms with van der Waals surface area (Å²) in [6.45, 7) is -0.114. The van der Waals surface area contributed by atoms with Gasteiger partial charge < -0.3 is 23.5 Å². The molecule has 0 N–H and O–H groups in total. The molecule has 0 saturated heterocycles. The largest absolute Gasteiger partial charge is 0.493 e. The van der Waals surface area contributed by atoms with Gasteiger partial charge in [0.1, 0.15) is 0 Å². The van der Waals surface area contributed by atoms with Crippen LogP contribution in [-0.4, -0.2) is 58.4 Å². The first-order chi connectivity index (χ1) is 14.8. The Kier molecular flexibility index (Phi) is 6.66. The van der Waals surface area contributed by atoms with Crippen molar-refractivity contribution in [3.63, 3.8) is 0 Å². The molecule has 1 heterocycles. The van der Waals surface area contributed by atoms with Gasteiger partial charge in [-0.05, 0) is 30.3 Å². The van der Waals surface area contributed by atoms with Gasteiger partial charge in [0, 0.05) is 18.7 Å². The van der Waals surface area contributed by atoms with Crippen LogP contribution in [-0.2, 0) is 16.6 Å². The van der Waals surface area contributed by atoms with Crippen LogP contribution in [0.4, 0.5) is 0 Å². The van der Waals surface area contributed by atoms with E-state index in [0.717, 1.165) is 4.31 Å². The van der Waals surface area contributed by atoms with Crippen molar-refractivity contribution in [2.75, 3.05) is 35.5 Å². The molecule has 1 aromatic heterocycles. The lowest BCUT2D eigenvalue weighted by atomic mass is 10.2. The summed E-state index contributed by atoms with van der Waals surface area (Å²) in [6.07, 6.45) is 0. The smallest absolute Gasteiger partial charge is 0.243 e. The molecule has 0 spiro atoms. The molecule has 0 saturated carbocycles. The summed E-state index contributed by atoms with van der Waals surface area (Å²) >= 11 is 0. The van der Waals surface area contributed by atoms with Crippen LogP contribution in [0.25, 0.3) is 11.4 Å². The number of benzene rings is 2. The molecule has 3 rings (SSSR count). The highest BCUT2D eigenvalue weighted by atomic mass is 32.2. The molecule has 0 unspecified atom stereocenters. The lowest BCUT2D eigenvalue weighted by molar-refractivity contribution is 0.336. The van der Waals surface area contributed by atoms with E-state index in [1.54, 1.807) is 25.3 Å². The number of nitrogens with zero attached hydrogens (tertiary/aromatic N) is 3. The molecule has 0 amide bonds. The molecule has 11 heteroatoms. The highest BCUT2D eigenvalue weighted by molar-refractivity contribution is 7.89. The molecular formula is C20H23N3O7S. The summed E-state index contributed by atoms with van der Waals surface area (Å²) in [5.41, 5.74) is 0.637. The molecule has 3 aromatic rings. The zero-order valence-electron chi connectivity index (χ0n) is 17.8. The predicted molar refractivity (Wildman–Crippen MR) is 111 cm³/mol. The van der Waals surface area contributed by atoms with Crippen molar-refractivity contribution < 1.29 is 31.9 Å². The molecule has 0 bridgehead atoms. The Bertz CT molecular complexity index is 1160. The Morgan fingerprint density at radius 3 is 2.06 bits per heavy atom. The van der Waals surface area contributed by atoms with Crippen molar-refractivity contribution in [3.8, 4) is 34.4 Å². The summed E-state index contributed by atoms with van der Waals surface area (Å²) in [6, 6.07) is 9.54. The van der Waals surface area contributed by atoms with E-state index < -0.39 is 10.0 Å². The van der Waals surface area contributed by atoms with Crippen LogP contribution in [0.1, 0.15) is 5.89 Å². The summed E-state index contributed by atoms with van der Waals surface area (Å²) in [5.74, 6) is 2.26. The maximum atomic E-state index is 12.9. The number of sulfonamides is 1. The van der Waals surface area contributed by atoms with E-state index in [4.69, 9.17) is 23.5 Å². The number of rotatable bonds is 9. The fourth-order valence-corrected chi connectivity index (χ4v) is 3.98. The lowest BCUT2D eigenvalue weighted by Crippen LogP contribution is -2.26. The number of ether oxygens (including phenoxy) is 4. The van der Waals surface area contributed by atoms with E-state index in [1.807, 2.05) is 0 Å². The van der Waals surface area contributed by atoms with E-state index in [9.17, 15) is 8.42 Å². The number of methoxy groups -OCH3 is 4. The minimum atomic E-state index is -3.84. The van der Waals surface area contributed by atoms with Crippen LogP contribution in [0.3, 0.4) is 0 Å². The second kappa shape index (κ2) is 9.23. The Hall–Kier alpha value is -3.31. The first kappa shape index (κ1) is 22.4. The van der Waals surface area contributed by atoms with Crippen LogP contribution in [0.15, 0.2) is 45.8 Å². The van der Waals surface area contributed by atoms with Gasteiger partial charge in [0.2, 0.25) is 21.7 Å². The van der Waals surface area contributed by atoms with Gasteiger partial charge in [-0.15, -0.1) is 0 Å². The van der Waals surface area contributed by atoms with Crippen molar-refractivity contribution in [1.29, 1.82) is 0 Å². The van der Waals surface area contributed by atoms with Crippen molar-refractivity contribution >= 4 is 10.0 Å². The van der Waals surface area contributed by atoms with Crippen LogP contribution >= 0.6 is 0 Å². The van der Waals surface area contributed by atoms with Crippen molar-refractivity contribution in [3.05, 3.63) is 42.3 Å². The van der Waals surface area contributed by atoms with Gasteiger partial charge in [0.15, 0.2) is 23.0 Å². The number of aromatic nitrogens is 2. The van der Waals surface area contributed by atoms with E-state index in [-0.39, 0.29) is 17.3 Å². The molecule has 2 aromatic carbocycles. The number of hydrogen-bond donors (Lipinski definition) is 0. The quantitative estimate of drug-likeness (QED) is 0.486. The van der Waals surface area contributed by atoms with Crippen LogP contribution < -0.4 is 18.9 Å². The van der Waals surface area contributed by atoms with E-state index in [1.165, 1.54) is 46.6 Å². The first-order valence-corrected chi connectivity index (χ1v) is 10.5. The van der Waals surface area contributed by atoms with Gasteiger partial charge in [-0.3, -0.25) is 0 Å². The van der Waals surface area contributed by atoms with Crippen molar-refractivity contribution in [2.24, 2.45) is 0 Å². The average Bonchev–Trinajstić information content (AvgIpc) is 3.26. The molecule has 0 aliphatic carbocycles. The minimum Gasteiger partial charge on any atom is -0.493 e. The Balaban J connectivity index is 1.81. The van der Waals surface area contributed by atoms with Gasteiger partial charge in [-0.1, -0.05) is 5.16 Å². The van der Waals surface area contributed by atoms with Crippen molar-refractivity contribution in [1.82, 2.24) is 14.4 Å². The fourth-order valence-electron chi connectivity index (χ4n) is 2.84. The summed E-state index contributed by atoms with van der Waals surface area (Å²) < 4.78 is 53.1. The maximum absolute atomic E-state index is 12.9. The normalized spacial score (nSPS) is 11.4. The van der Waals surface area contributed by atoms with Crippen molar-refractivity contribution in [2.45, 2.75) is 11.4 Å². The van der Waals surface area contributed by atoms with Crippen LogP contribution in [0, 0.1) is 0 Å².